The van der Waals surface area contributed by atoms with Crippen LogP contribution in [0, 0.1) is 23.5 Å². The van der Waals surface area contributed by atoms with E-state index in [-0.39, 0.29) is 6.54 Å². The molecule has 0 atom stereocenters. The van der Waals surface area contributed by atoms with Crippen molar-refractivity contribution in [3.05, 3.63) is 44.9 Å². The Morgan fingerprint density at radius 3 is 2.22 bits per heavy atom. The number of rotatable bonds is 3. The fraction of sp³-hybridized carbons (Fsp3) is 0.100. The first kappa shape index (κ1) is 13.1. The van der Waals surface area contributed by atoms with E-state index in [2.05, 4.69) is 10.3 Å². The first-order chi connectivity index (χ1) is 8.49. The third-order valence-corrected chi connectivity index (χ3v) is 3.30. The first-order valence-electron chi connectivity index (χ1n) is 4.67. The summed E-state index contributed by atoms with van der Waals surface area (Å²) < 4.78 is 52.5. The molecule has 2 nitrogen and oxygen atoms in total. The van der Waals surface area contributed by atoms with Gasteiger partial charge in [0.05, 0.1) is 4.34 Å². The van der Waals surface area contributed by atoms with Gasteiger partial charge in [-0.05, 0) is 12.1 Å². The fourth-order valence-corrected chi connectivity index (χ4v) is 2.29. The van der Waals surface area contributed by atoms with Gasteiger partial charge in [0, 0.05) is 11.4 Å². The number of halogens is 5. The van der Waals surface area contributed by atoms with Gasteiger partial charge < -0.3 is 5.32 Å². The zero-order valence-corrected chi connectivity index (χ0v) is 10.2. The van der Waals surface area contributed by atoms with Crippen molar-refractivity contribution in [1.82, 2.24) is 4.98 Å². The number of hydrogen-bond acceptors (Lipinski definition) is 3. The minimum atomic E-state index is -1.69. The molecule has 1 N–H and O–H groups in total. The van der Waals surface area contributed by atoms with Gasteiger partial charge in [-0.25, -0.2) is 0 Å². The van der Waals surface area contributed by atoms with Gasteiger partial charge in [0.15, 0.2) is 0 Å². The first-order valence-corrected chi connectivity index (χ1v) is 5.86. The van der Waals surface area contributed by atoms with Crippen LogP contribution in [0.3, 0.4) is 0 Å². The zero-order valence-electron chi connectivity index (χ0n) is 8.61. The molecular formula is C10H5ClF4N2S. The minimum Gasteiger partial charge on any atom is -0.375 e. The second-order valence-corrected chi connectivity index (χ2v) is 5.06. The molecule has 0 bridgehead atoms. The van der Waals surface area contributed by atoms with Gasteiger partial charge in [0.1, 0.15) is 5.69 Å². The molecule has 0 unspecified atom stereocenters. The van der Waals surface area contributed by atoms with Crippen LogP contribution in [0.1, 0.15) is 4.88 Å². The van der Waals surface area contributed by atoms with Crippen LogP contribution in [0.5, 0.6) is 0 Å². The quantitative estimate of drug-likeness (QED) is 0.685. The van der Waals surface area contributed by atoms with Gasteiger partial charge in [0.25, 0.3) is 11.9 Å². The molecule has 96 valence electrons. The van der Waals surface area contributed by atoms with Gasteiger partial charge in [-0.1, -0.05) is 11.6 Å². The van der Waals surface area contributed by atoms with Crippen LogP contribution < -0.4 is 5.32 Å². The van der Waals surface area contributed by atoms with Crippen molar-refractivity contribution in [2.45, 2.75) is 6.54 Å². The molecule has 2 aromatic heterocycles. The summed E-state index contributed by atoms with van der Waals surface area (Å²) in [6, 6.07) is 3.23. The average molecular weight is 297 g/mol. The van der Waals surface area contributed by atoms with Crippen LogP contribution in [-0.4, -0.2) is 4.98 Å². The summed E-state index contributed by atoms with van der Waals surface area (Å²) in [6.07, 6.45) is 0. The maximum absolute atomic E-state index is 13.2. The van der Waals surface area contributed by atoms with Crippen molar-refractivity contribution in [3.63, 3.8) is 0 Å². The van der Waals surface area contributed by atoms with Gasteiger partial charge in [0.2, 0.25) is 11.6 Å². The molecule has 0 aliphatic rings. The smallest absolute Gasteiger partial charge is 0.253 e. The van der Waals surface area contributed by atoms with E-state index in [4.69, 9.17) is 11.6 Å². The Kier molecular flexibility index (Phi) is 3.72. The molecule has 0 aromatic carbocycles. The average Bonchev–Trinajstić information content (AvgIpc) is 2.73. The van der Waals surface area contributed by atoms with Gasteiger partial charge in [-0.15, -0.1) is 11.3 Å². The Morgan fingerprint density at radius 2 is 1.72 bits per heavy atom. The highest BCUT2D eigenvalue weighted by Gasteiger charge is 2.20. The van der Waals surface area contributed by atoms with Crippen molar-refractivity contribution in [2.24, 2.45) is 0 Å². The standard InChI is InChI=1S/C10H5ClF4N2S/c11-5-2-1-4(18-5)3-16-8-6(12)9(14)17-10(15)7(8)13/h1-2H,3H2,(H,16,17). The monoisotopic (exact) mass is 296 g/mol. The van der Waals surface area contributed by atoms with E-state index in [0.29, 0.717) is 9.21 Å². The molecular weight excluding hydrogens is 292 g/mol. The summed E-state index contributed by atoms with van der Waals surface area (Å²) in [5, 5.41) is 2.27. The molecule has 0 saturated carbocycles. The number of nitrogens with zero attached hydrogens (tertiary/aromatic N) is 1. The fourth-order valence-electron chi connectivity index (χ4n) is 1.26. The van der Waals surface area contributed by atoms with E-state index in [1.807, 2.05) is 0 Å². The van der Waals surface area contributed by atoms with Crippen LogP contribution >= 0.6 is 22.9 Å². The number of pyridine rings is 1. The molecule has 2 rings (SSSR count). The predicted molar refractivity (Wildman–Crippen MR) is 60.7 cm³/mol. The molecule has 0 fully saturated rings. The number of hydrogen-bond donors (Lipinski definition) is 1. The lowest BCUT2D eigenvalue weighted by Gasteiger charge is -2.08. The largest absolute Gasteiger partial charge is 0.375 e. The summed E-state index contributed by atoms with van der Waals surface area (Å²) in [7, 11) is 0. The molecule has 0 spiro atoms. The normalized spacial score (nSPS) is 10.7. The number of anilines is 1. The van der Waals surface area contributed by atoms with Crippen LogP contribution in [0.4, 0.5) is 23.2 Å². The lowest BCUT2D eigenvalue weighted by molar-refractivity contribution is 0.410. The van der Waals surface area contributed by atoms with E-state index in [1.165, 1.54) is 11.3 Å². The van der Waals surface area contributed by atoms with Crippen molar-refractivity contribution in [2.75, 3.05) is 5.32 Å². The van der Waals surface area contributed by atoms with Gasteiger partial charge in [-0.2, -0.15) is 22.5 Å². The SMILES string of the molecule is Fc1nc(F)c(F)c(NCc2ccc(Cl)s2)c1F. The molecule has 8 heteroatoms. The molecule has 0 aliphatic carbocycles. The van der Waals surface area contributed by atoms with E-state index < -0.39 is 29.2 Å². The second-order valence-electron chi connectivity index (χ2n) is 3.26. The Hall–Kier alpha value is -1.34. The molecule has 0 radical (unpaired) electrons. The Morgan fingerprint density at radius 1 is 1.11 bits per heavy atom. The summed E-state index contributed by atoms with van der Waals surface area (Å²) in [4.78, 5) is 3.11. The minimum absolute atomic E-state index is 0.00583. The Bertz CT molecular complexity index is 561. The second kappa shape index (κ2) is 5.11. The van der Waals surface area contributed by atoms with E-state index in [0.717, 1.165) is 0 Å². The maximum atomic E-state index is 13.2. The predicted octanol–water partition coefficient (Wildman–Crippen LogP) is 3.97. The van der Waals surface area contributed by atoms with Gasteiger partial charge in [-0.3, -0.25) is 0 Å². The van der Waals surface area contributed by atoms with Crippen LogP contribution in [-0.2, 0) is 6.54 Å². The number of nitrogens with one attached hydrogen (secondary N) is 1. The molecule has 0 aliphatic heterocycles. The van der Waals surface area contributed by atoms with Crippen molar-refractivity contribution >= 4 is 28.6 Å². The van der Waals surface area contributed by atoms with Crippen LogP contribution in [0.2, 0.25) is 4.34 Å². The van der Waals surface area contributed by atoms with Gasteiger partial charge >= 0.3 is 0 Å². The Labute approximate surface area is 108 Å². The van der Waals surface area contributed by atoms with Crippen LogP contribution in [0.15, 0.2) is 12.1 Å². The molecule has 2 heterocycles. The highest BCUT2D eigenvalue weighted by molar-refractivity contribution is 7.16. The van der Waals surface area contributed by atoms with Crippen molar-refractivity contribution in [3.8, 4) is 0 Å². The molecule has 2 aromatic rings. The highest BCUT2D eigenvalue weighted by Crippen LogP contribution is 2.25. The van der Waals surface area contributed by atoms with Crippen molar-refractivity contribution < 1.29 is 17.6 Å². The van der Waals surface area contributed by atoms with E-state index in [9.17, 15) is 17.6 Å². The highest BCUT2D eigenvalue weighted by atomic mass is 35.5. The topological polar surface area (TPSA) is 24.9 Å². The Balaban J connectivity index is 2.24. The number of aromatic nitrogens is 1. The summed E-state index contributed by atoms with van der Waals surface area (Å²) in [5.74, 6) is -6.51. The maximum Gasteiger partial charge on any atom is 0.253 e. The lowest BCUT2D eigenvalue weighted by Crippen LogP contribution is -2.08. The summed E-state index contributed by atoms with van der Waals surface area (Å²) in [5.41, 5.74) is -0.885. The molecule has 18 heavy (non-hydrogen) atoms. The lowest BCUT2D eigenvalue weighted by atomic mass is 10.3. The van der Waals surface area contributed by atoms with E-state index >= 15 is 0 Å². The van der Waals surface area contributed by atoms with Crippen LogP contribution in [0.25, 0.3) is 0 Å². The molecule has 0 amide bonds. The van der Waals surface area contributed by atoms with E-state index in [1.54, 1.807) is 12.1 Å². The third-order valence-electron chi connectivity index (χ3n) is 2.07. The summed E-state index contributed by atoms with van der Waals surface area (Å²) in [6.45, 7) is -0.00583. The zero-order chi connectivity index (χ0) is 13.3. The molecule has 0 saturated heterocycles. The summed E-state index contributed by atoms with van der Waals surface area (Å²) >= 11 is 6.85. The van der Waals surface area contributed by atoms with Crippen molar-refractivity contribution in [1.29, 1.82) is 0 Å². The number of thiophene rings is 1. The third kappa shape index (κ3) is 2.56.